The van der Waals surface area contributed by atoms with E-state index in [9.17, 15) is 5.11 Å². The summed E-state index contributed by atoms with van der Waals surface area (Å²) in [6.45, 7) is 4.10. The van der Waals surface area contributed by atoms with Crippen LogP contribution in [0.25, 0.3) is 0 Å². The fourth-order valence-electron chi connectivity index (χ4n) is 2.99. The monoisotopic (exact) mass is 543 g/mol. The quantitative estimate of drug-likeness (QED) is 0.279. The van der Waals surface area contributed by atoms with Crippen molar-refractivity contribution >= 4 is 35.6 Å². The lowest BCUT2D eigenvalue weighted by atomic mass is 10.1. The number of hydrogen-bond acceptors (Lipinski definition) is 6. The number of benzene rings is 2. The molecule has 2 aromatic rings. The highest BCUT2D eigenvalue weighted by molar-refractivity contribution is 14.0. The first-order valence-corrected chi connectivity index (χ1v) is 9.99. The van der Waals surface area contributed by atoms with Crippen LogP contribution in [0.1, 0.15) is 25.0 Å². The molecular formula is C22H30IN3O5. The summed E-state index contributed by atoms with van der Waals surface area (Å²) >= 11 is 0. The zero-order valence-corrected chi connectivity index (χ0v) is 20.3. The molecule has 0 amide bonds. The number of aliphatic hydroxyl groups is 1. The Morgan fingerprint density at radius 2 is 1.74 bits per heavy atom. The van der Waals surface area contributed by atoms with E-state index in [1.165, 1.54) is 0 Å². The smallest absolute Gasteiger partial charge is 0.195 e. The van der Waals surface area contributed by atoms with E-state index in [1.807, 2.05) is 25.1 Å². The molecule has 1 heterocycles. The van der Waals surface area contributed by atoms with Crippen LogP contribution in [0.3, 0.4) is 0 Å². The second-order valence-electron chi connectivity index (χ2n) is 6.72. The Morgan fingerprint density at radius 1 is 1.06 bits per heavy atom. The number of nitrogens with zero attached hydrogens (tertiary/aromatic N) is 1. The zero-order valence-electron chi connectivity index (χ0n) is 18.0. The molecule has 3 rings (SSSR count). The lowest BCUT2D eigenvalue weighted by molar-refractivity contribution is 0.186. The molecule has 31 heavy (non-hydrogen) atoms. The van der Waals surface area contributed by atoms with Crippen LogP contribution >= 0.6 is 24.0 Å². The van der Waals surface area contributed by atoms with Crippen LogP contribution in [-0.4, -0.2) is 51.6 Å². The summed E-state index contributed by atoms with van der Waals surface area (Å²) in [5, 5.41) is 17.0. The molecule has 9 heteroatoms. The van der Waals surface area contributed by atoms with Gasteiger partial charge in [0.2, 0.25) is 0 Å². The van der Waals surface area contributed by atoms with Crippen molar-refractivity contribution in [1.29, 1.82) is 0 Å². The number of nitrogens with one attached hydrogen (secondary N) is 2. The first kappa shape index (κ1) is 24.9. The predicted octanol–water partition coefficient (Wildman–Crippen LogP) is 3.59. The van der Waals surface area contributed by atoms with Crippen LogP contribution in [0, 0.1) is 0 Å². The summed E-state index contributed by atoms with van der Waals surface area (Å²) in [6.07, 6.45) is 0.0438. The standard InChI is InChI=1S/C22H29N3O5.HI/c1-4-23-22(25-16-6-7-20-21(12-16)30-9-5-8-29-20)24-14-19(26)15-10-17(27-2)13-18(11-15)28-3;/h6-7,10-13,19,26H,4-5,8-9,14H2,1-3H3,(H2,23,24,25);1H. The molecule has 3 N–H and O–H groups in total. The number of anilines is 1. The molecule has 2 aromatic carbocycles. The third kappa shape index (κ3) is 7.06. The molecule has 170 valence electrons. The van der Waals surface area contributed by atoms with E-state index >= 15 is 0 Å². The third-order valence-corrected chi connectivity index (χ3v) is 4.54. The molecule has 0 fully saturated rings. The number of fused-ring (bicyclic) bond motifs is 1. The van der Waals surface area contributed by atoms with Crippen molar-refractivity contribution in [2.24, 2.45) is 4.99 Å². The van der Waals surface area contributed by atoms with E-state index in [1.54, 1.807) is 32.4 Å². The fourth-order valence-corrected chi connectivity index (χ4v) is 2.99. The summed E-state index contributed by atoms with van der Waals surface area (Å²) in [4.78, 5) is 4.52. The van der Waals surface area contributed by atoms with Crippen LogP contribution in [0.4, 0.5) is 5.69 Å². The van der Waals surface area contributed by atoms with E-state index in [2.05, 4.69) is 15.6 Å². The molecule has 0 saturated heterocycles. The van der Waals surface area contributed by atoms with Gasteiger partial charge in [-0.3, -0.25) is 0 Å². The number of guanidine groups is 1. The first-order chi connectivity index (χ1) is 14.6. The van der Waals surface area contributed by atoms with Gasteiger partial charge in [0, 0.05) is 30.8 Å². The predicted molar refractivity (Wildman–Crippen MR) is 132 cm³/mol. The summed E-state index contributed by atoms with van der Waals surface area (Å²) < 4.78 is 22.0. The van der Waals surface area contributed by atoms with Crippen LogP contribution in [0.2, 0.25) is 0 Å². The van der Waals surface area contributed by atoms with Crippen molar-refractivity contribution in [3.05, 3.63) is 42.0 Å². The van der Waals surface area contributed by atoms with Gasteiger partial charge in [-0.15, -0.1) is 24.0 Å². The Labute approximate surface area is 200 Å². The van der Waals surface area contributed by atoms with Crippen LogP contribution in [0.5, 0.6) is 23.0 Å². The Bertz CT molecular complexity index is 856. The molecule has 8 nitrogen and oxygen atoms in total. The van der Waals surface area contributed by atoms with Crippen molar-refractivity contribution in [2.75, 3.05) is 45.8 Å². The van der Waals surface area contributed by atoms with Crippen molar-refractivity contribution in [2.45, 2.75) is 19.4 Å². The lowest BCUT2D eigenvalue weighted by Gasteiger charge is -2.15. The number of halogens is 1. The van der Waals surface area contributed by atoms with Crippen molar-refractivity contribution in [1.82, 2.24) is 5.32 Å². The van der Waals surface area contributed by atoms with E-state index in [0.717, 1.165) is 17.9 Å². The Kier molecular flexibility index (Phi) is 9.99. The highest BCUT2D eigenvalue weighted by Crippen LogP contribution is 2.32. The average Bonchev–Trinajstić information content (AvgIpc) is 3.02. The van der Waals surface area contributed by atoms with E-state index in [0.29, 0.717) is 48.5 Å². The van der Waals surface area contributed by atoms with Gasteiger partial charge in [0.15, 0.2) is 17.5 Å². The van der Waals surface area contributed by atoms with E-state index in [4.69, 9.17) is 18.9 Å². The van der Waals surface area contributed by atoms with Gasteiger partial charge in [-0.05, 0) is 36.8 Å². The summed E-state index contributed by atoms with van der Waals surface area (Å²) in [5.41, 5.74) is 1.48. The molecule has 0 bridgehead atoms. The highest BCUT2D eigenvalue weighted by Gasteiger charge is 2.13. The van der Waals surface area contributed by atoms with Gasteiger partial charge in [-0.2, -0.15) is 0 Å². The summed E-state index contributed by atoms with van der Waals surface area (Å²) in [6, 6.07) is 11.0. The molecule has 0 aromatic heterocycles. The number of hydrogen-bond donors (Lipinski definition) is 3. The molecular weight excluding hydrogens is 513 g/mol. The minimum atomic E-state index is -0.812. The SMILES string of the molecule is CCNC(=NCC(O)c1cc(OC)cc(OC)c1)Nc1ccc2c(c1)OCCCO2.I. The molecule has 1 aliphatic heterocycles. The molecule has 0 spiro atoms. The van der Waals surface area contributed by atoms with Gasteiger partial charge in [0.25, 0.3) is 0 Å². The second kappa shape index (κ2) is 12.5. The molecule has 0 radical (unpaired) electrons. The lowest BCUT2D eigenvalue weighted by Crippen LogP contribution is -2.31. The highest BCUT2D eigenvalue weighted by atomic mass is 127. The summed E-state index contributed by atoms with van der Waals surface area (Å²) in [7, 11) is 3.15. The molecule has 1 aliphatic rings. The maximum atomic E-state index is 10.6. The average molecular weight is 543 g/mol. The van der Waals surface area contributed by atoms with Crippen LogP contribution in [0.15, 0.2) is 41.4 Å². The number of aliphatic hydroxyl groups excluding tert-OH is 1. The zero-order chi connectivity index (χ0) is 21.3. The Morgan fingerprint density at radius 3 is 2.39 bits per heavy atom. The summed E-state index contributed by atoms with van der Waals surface area (Å²) in [5.74, 6) is 3.23. The number of methoxy groups -OCH3 is 2. The molecule has 0 saturated carbocycles. The van der Waals surface area contributed by atoms with Crippen molar-refractivity contribution in [3.63, 3.8) is 0 Å². The second-order valence-corrected chi connectivity index (χ2v) is 6.72. The molecule has 0 aliphatic carbocycles. The first-order valence-electron chi connectivity index (χ1n) is 9.99. The number of aliphatic imine (C=N–C) groups is 1. The van der Waals surface area contributed by atoms with Gasteiger partial charge in [0.05, 0.1) is 40.1 Å². The Balaban J connectivity index is 0.00000341. The van der Waals surface area contributed by atoms with Gasteiger partial charge >= 0.3 is 0 Å². The molecule has 1 unspecified atom stereocenters. The minimum absolute atomic E-state index is 0. The maximum absolute atomic E-state index is 10.6. The van der Waals surface area contributed by atoms with Gasteiger partial charge in [0.1, 0.15) is 11.5 Å². The third-order valence-electron chi connectivity index (χ3n) is 4.54. The van der Waals surface area contributed by atoms with Gasteiger partial charge < -0.3 is 34.7 Å². The van der Waals surface area contributed by atoms with Crippen molar-refractivity contribution in [3.8, 4) is 23.0 Å². The maximum Gasteiger partial charge on any atom is 0.195 e. The topological polar surface area (TPSA) is 93.6 Å². The van der Waals surface area contributed by atoms with Crippen LogP contribution < -0.4 is 29.6 Å². The largest absolute Gasteiger partial charge is 0.497 e. The van der Waals surface area contributed by atoms with Gasteiger partial charge in [-0.25, -0.2) is 4.99 Å². The fraction of sp³-hybridized carbons (Fsp3) is 0.409. The van der Waals surface area contributed by atoms with Crippen molar-refractivity contribution < 1.29 is 24.1 Å². The van der Waals surface area contributed by atoms with E-state index < -0.39 is 6.10 Å². The normalized spacial score (nSPS) is 14.0. The Hall–Kier alpha value is -2.40. The van der Waals surface area contributed by atoms with Gasteiger partial charge in [-0.1, -0.05) is 0 Å². The van der Waals surface area contributed by atoms with E-state index in [-0.39, 0.29) is 30.5 Å². The van der Waals surface area contributed by atoms with Crippen LogP contribution in [-0.2, 0) is 0 Å². The number of rotatable bonds is 7. The minimum Gasteiger partial charge on any atom is -0.497 e. The molecule has 1 atom stereocenters. The number of ether oxygens (including phenoxy) is 4.